The number of hydrogen-bond acceptors (Lipinski definition) is 3. The fraction of sp³-hybridized carbons (Fsp3) is 0.312. The van der Waals surface area contributed by atoms with Crippen molar-refractivity contribution in [3.05, 3.63) is 42.2 Å². The summed E-state index contributed by atoms with van der Waals surface area (Å²) in [4.78, 5) is 20.2. The molecule has 1 aliphatic rings. The van der Waals surface area contributed by atoms with Crippen LogP contribution in [0.4, 0.5) is 14.6 Å². The number of pyridine rings is 2. The lowest BCUT2D eigenvalue weighted by molar-refractivity contribution is -0.119. The van der Waals surface area contributed by atoms with Gasteiger partial charge in [-0.05, 0) is 30.7 Å². The standard InChI is InChI=1S/C16H15F2N3O/c1-9-8-20-13(7-11(9)12-5-3-4-6-19-12)21-15(22)14-10(2)16(14,17)18/h3-8,10,14H,1-2H3,(H,20,21,22)/t10-,14+/m1/s1. The van der Waals surface area contributed by atoms with E-state index in [0.717, 1.165) is 16.8 Å². The first-order chi connectivity index (χ1) is 10.4. The minimum absolute atomic E-state index is 0.256. The van der Waals surface area contributed by atoms with E-state index in [1.807, 2.05) is 19.1 Å². The molecule has 1 aliphatic carbocycles. The molecule has 2 aromatic rings. The molecule has 0 unspecified atom stereocenters. The Kier molecular flexibility index (Phi) is 3.39. The molecule has 1 saturated carbocycles. The number of rotatable bonds is 3. The number of aromatic nitrogens is 2. The Morgan fingerprint density at radius 1 is 1.32 bits per heavy atom. The van der Waals surface area contributed by atoms with E-state index in [2.05, 4.69) is 15.3 Å². The number of alkyl halides is 2. The first-order valence-electron chi connectivity index (χ1n) is 6.98. The van der Waals surface area contributed by atoms with Crippen LogP contribution >= 0.6 is 0 Å². The van der Waals surface area contributed by atoms with Gasteiger partial charge in [0.25, 0.3) is 5.92 Å². The van der Waals surface area contributed by atoms with Crippen molar-refractivity contribution < 1.29 is 13.6 Å². The van der Waals surface area contributed by atoms with Gasteiger partial charge in [0.05, 0.1) is 5.69 Å². The van der Waals surface area contributed by atoms with E-state index in [0.29, 0.717) is 0 Å². The second-order valence-corrected chi connectivity index (χ2v) is 5.53. The number of hydrogen-bond donors (Lipinski definition) is 1. The zero-order valence-corrected chi connectivity index (χ0v) is 12.2. The van der Waals surface area contributed by atoms with E-state index in [9.17, 15) is 13.6 Å². The van der Waals surface area contributed by atoms with E-state index < -0.39 is 23.7 Å². The summed E-state index contributed by atoms with van der Waals surface area (Å²) in [6.07, 6.45) is 3.26. The lowest BCUT2D eigenvalue weighted by Gasteiger charge is -2.09. The van der Waals surface area contributed by atoms with Crippen LogP contribution in [0, 0.1) is 18.8 Å². The predicted octanol–water partition coefficient (Wildman–Crippen LogP) is 3.29. The van der Waals surface area contributed by atoms with E-state index >= 15 is 0 Å². The third-order valence-electron chi connectivity index (χ3n) is 3.99. The fourth-order valence-electron chi connectivity index (χ4n) is 2.48. The summed E-state index contributed by atoms with van der Waals surface area (Å²) in [5.74, 6) is -5.55. The number of carbonyl (C=O) groups is 1. The van der Waals surface area contributed by atoms with Gasteiger partial charge in [0.15, 0.2) is 0 Å². The Morgan fingerprint density at radius 3 is 2.64 bits per heavy atom. The predicted molar refractivity (Wildman–Crippen MR) is 78.4 cm³/mol. The minimum atomic E-state index is -2.92. The number of nitrogens with zero attached hydrogens (tertiary/aromatic N) is 2. The van der Waals surface area contributed by atoms with Gasteiger partial charge in [-0.2, -0.15) is 0 Å². The summed E-state index contributed by atoms with van der Waals surface area (Å²) < 4.78 is 26.5. The third-order valence-corrected chi connectivity index (χ3v) is 3.99. The lowest BCUT2D eigenvalue weighted by Crippen LogP contribution is -2.18. The molecule has 3 rings (SSSR count). The van der Waals surface area contributed by atoms with E-state index in [-0.39, 0.29) is 5.82 Å². The molecule has 114 valence electrons. The first-order valence-corrected chi connectivity index (χ1v) is 6.98. The molecular formula is C16H15F2N3O. The molecule has 0 spiro atoms. The molecule has 1 N–H and O–H groups in total. The molecule has 0 aromatic carbocycles. The highest BCUT2D eigenvalue weighted by atomic mass is 19.3. The molecule has 2 heterocycles. The van der Waals surface area contributed by atoms with Crippen LogP contribution in [-0.2, 0) is 4.79 Å². The third kappa shape index (κ3) is 2.45. The Bertz CT molecular complexity index is 719. The monoisotopic (exact) mass is 303 g/mol. The van der Waals surface area contributed by atoms with Gasteiger partial charge >= 0.3 is 0 Å². The van der Waals surface area contributed by atoms with Crippen LogP contribution in [0.25, 0.3) is 11.3 Å². The quantitative estimate of drug-likeness (QED) is 0.946. The molecule has 0 aliphatic heterocycles. The second kappa shape index (κ2) is 5.12. The van der Waals surface area contributed by atoms with Gasteiger partial charge in [0.2, 0.25) is 5.91 Å². The van der Waals surface area contributed by atoms with Gasteiger partial charge in [-0.25, -0.2) is 13.8 Å². The van der Waals surface area contributed by atoms with Crippen LogP contribution in [0.5, 0.6) is 0 Å². The van der Waals surface area contributed by atoms with Crippen molar-refractivity contribution in [2.75, 3.05) is 5.32 Å². The smallest absolute Gasteiger partial charge is 0.263 e. The van der Waals surface area contributed by atoms with Crippen LogP contribution in [0.15, 0.2) is 36.7 Å². The SMILES string of the molecule is Cc1cnc(NC(=O)[C@@H]2[C@@H](C)C2(F)F)cc1-c1ccccn1. The summed E-state index contributed by atoms with van der Waals surface area (Å²) in [5.41, 5.74) is 2.44. The molecule has 1 amide bonds. The van der Waals surface area contributed by atoms with Crippen molar-refractivity contribution in [3.8, 4) is 11.3 Å². The Morgan fingerprint density at radius 2 is 2.05 bits per heavy atom. The lowest BCUT2D eigenvalue weighted by atomic mass is 10.1. The molecule has 4 nitrogen and oxygen atoms in total. The number of amides is 1. The normalized spacial score (nSPS) is 22.2. The Labute approximate surface area is 126 Å². The summed E-state index contributed by atoms with van der Waals surface area (Å²) in [7, 11) is 0. The average Bonchev–Trinajstić information content (AvgIpc) is 3.00. The van der Waals surface area contributed by atoms with Crippen LogP contribution in [0.1, 0.15) is 12.5 Å². The van der Waals surface area contributed by atoms with Crippen molar-refractivity contribution in [3.63, 3.8) is 0 Å². The maximum atomic E-state index is 13.3. The number of halogens is 2. The highest BCUT2D eigenvalue weighted by molar-refractivity contribution is 5.95. The number of aryl methyl sites for hydroxylation is 1. The van der Waals surface area contributed by atoms with Gasteiger partial charge in [0.1, 0.15) is 11.7 Å². The van der Waals surface area contributed by atoms with Crippen LogP contribution in [0.3, 0.4) is 0 Å². The first kappa shape index (κ1) is 14.6. The van der Waals surface area contributed by atoms with Crippen molar-refractivity contribution in [1.29, 1.82) is 0 Å². The van der Waals surface area contributed by atoms with Gasteiger partial charge in [0, 0.05) is 23.9 Å². The summed E-state index contributed by atoms with van der Waals surface area (Å²) >= 11 is 0. The molecule has 0 radical (unpaired) electrons. The largest absolute Gasteiger partial charge is 0.310 e. The average molecular weight is 303 g/mol. The molecule has 0 saturated heterocycles. The Balaban J connectivity index is 1.83. The van der Waals surface area contributed by atoms with Crippen LogP contribution in [0.2, 0.25) is 0 Å². The van der Waals surface area contributed by atoms with Gasteiger partial charge in [-0.15, -0.1) is 0 Å². The van der Waals surface area contributed by atoms with Gasteiger partial charge in [-0.1, -0.05) is 13.0 Å². The molecule has 6 heteroatoms. The van der Waals surface area contributed by atoms with E-state index in [1.165, 1.54) is 6.92 Å². The van der Waals surface area contributed by atoms with Crippen molar-refractivity contribution in [2.24, 2.45) is 11.8 Å². The molecule has 0 bridgehead atoms. The molecule has 2 aromatic heterocycles. The highest BCUT2D eigenvalue weighted by Gasteiger charge is 2.69. The summed E-state index contributed by atoms with van der Waals surface area (Å²) in [5, 5.41) is 2.47. The van der Waals surface area contributed by atoms with Crippen molar-refractivity contribution in [1.82, 2.24) is 9.97 Å². The minimum Gasteiger partial charge on any atom is -0.310 e. The van der Waals surface area contributed by atoms with Crippen molar-refractivity contribution >= 4 is 11.7 Å². The zero-order chi connectivity index (χ0) is 15.9. The molecule has 22 heavy (non-hydrogen) atoms. The van der Waals surface area contributed by atoms with Crippen molar-refractivity contribution in [2.45, 2.75) is 19.8 Å². The Hall–Kier alpha value is -2.37. The second-order valence-electron chi connectivity index (χ2n) is 5.53. The molecular weight excluding hydrogens is 288 g/mol. The van der Waals surface area contributed by atoms with Crippen LogP contribution < -0.4 is 5.32 Å². The van der Waals surface area contributed by atoms with E-state index in [1.54, 1.807) is 24.5 Å². The summed E-state index contributed by atoms with van der Waals surface area (Å²) in [6.45, 7) is 3.24. The molecule has 2 atom stereocenters. The maximum absolute atomic E-state index is 13.3. The van der Waals surface area contributed by atoms with Gasteiger partial charge in [-0.3, -0.25) is 9.78 Å². The number of carbonyl (C=O) groups excluding carboxylic acids is 1. The summed E-state index contributed by atoms with van der Waals surface area (Å²) in [6, 6.07) is 7.15. The fourth-order valence-corrected chi connectivity index (χ4v) is 2.48. The molecule has 1 fully saturated rings. The number of anilines is 1. The topological polar surface area (TPSA) is 54.9 Å². The van der Waals surface area contributed by atoms with E-state index in [4.69, 9.17) is 0 Å². The van der Waals surface area contributed by atoms with Crippen LogP contribution in [-0.4, -0.2) is 21.8 Å². The van der Waals surface area contributed by atoms with Gasteiger partial charge < -0.3 is 5.32 Å². The highest BCUT2D eigenvalue weighted by Crippen LogP contribution is 2.55. The zero-order valence-electron chi connectivity index (χ0n) is 12.2. The number of nitrogens with one attached hydrogen (secondary N) is 1. The maximum Gasteiger partial charge on any atom is 0.263 e.